The summed E-state index contributed by atoms with van der Waals surface area (Å²) in [6, 6.07) is 18.2. The second-order valence-corrected chi connectivity index (χ2v) is 9.37. The molecular weight excluding hydrogens is 512 g/mol. The molecule has 2 heterocycles. The fourth-order valence-corrected chi connectivity index (χ4v) is 4.64. The summed E-state index contributed by atoms with van der Waals surface area (Å²) >= 11 is 6.28. The smallest absolute Gasteiger partial charge is 0.410 e. The molecule has 2 aromatic carbocycles. The number of halogens is 1. The number of aliphatic carboxylic acids is 2. The van der Waals surface area contributed by atoms with Crippen molar-refractivity contribution in [3.8, 4) is 0 Å². The van der Waals surface area contributed by atoms with Crippen molar-refractivity contribution in [2.75, 3.05) is 39.4 Å². The van der Waals surface area contributed by atoms with Crippen LogP contribution in [0.4, 0.5) is 4.79 Å². The lowest BCUT2D eigenvalue weighted by Gasteiger charge is -2.31. The molecule has 38 heavy (non-hydrogen) atoms. The average Bonchev–Trinajstić information content (AvgIpc) is 3.29. The second kappa shape index (κ2) is 15.1. The number of morpholine rings is 1. The summed E-state index contributed by atoms with van der Waals surface area (Å²) in [7, 11) is 0. The number of hydrogen-bond donors (Lipinski definition) is 2. The second-order valence-electron chi connectivity index (χ2n) is 8.97. The van der Waals surface area contributed by atoms with Crippen molar-refractivity contribution in [1.29, 1.82) is 0 Å². The van der Waals surface area contributed by atoms with Gasteiger partial charge in [0.25, 0.3) is 0 Å². The predicted octanol–water partition coefficient (Wildman–Crippen LogP) is 4.27. The number of ether oxygens (including phenoxy) is 2. The number of carbonyl (C=O) groups is 3. The highest BCUT2D eigenvalue weighted by atomic mass is 35.5. The molecule has 2 fully saturated rings. The van der Waals surface area contributed by atoms with Gasteiger partial charge in [0.15, 0.2) is 0 Å². The highest BCUT2D eigenvalue weighted by Crippen LogP contribution is 2.31. The number of aryl methyl sites for hydroxylation is 1. The summed E-state index contributed by atoms with van der Waals surface area (Å²) in [5.74, 6) is -2.51. The van der Waals surface area contributed by atoms with E-state index >= 15 is 0 Å². The summed E-state index contributed by atoms with van der Waals surface area (Å²) in [6.45, 7) is 5.03. The van der Waals surface area contributed by atoms with Gasteiger partial charge in [-0.3, -0.25) is 9.80 Å². The minimum Gasteiger partial charge on any atom is -0.478 e. The first-order chi connectivity index (χ1) is 18.3. The highest BCUT2D eigenvalue weighted by molar-refractivity contribution is 6.31. The van der Waals surface area contributed by atoms with E-state index in [4.69, 9.17) is 31.3 Å². The Morgan fingerprint density at radius 2 is 1.63 bits per heavy atom. The number of carboxylic acid groups (broad SMARTS) is 2. The van der Waals surface area contributed by atoms with Gasteiger partial charge < -0.3 is 19.7 Å². The third kappa shape index (κ3) is 9.48. The molecule has 0 spiro atoms. The van der Waals surface area contributed by atoms with E-state index in [9.17, 15) is 14.4 Å². The molecule has 0 radical (unpaired) electrons. The molecule has 2 aliphatic rings. The van der Waals surface area contributed by atoms with E-state index in [-0.39, 0.29) is 18.2 Å². The van der Waals surface area contributed by atoms with Gasteiger partial charge in [0.2, 0.25) is 0 Å². The van der Waals surface area contributed by atoms with Crippen molar-refractivity contribution in [2.24, 2.45) is 0 Å². The number of hydrogen-bond acceptors (Lipinski definition) is 6. The van der Waals surface area contributed by atoms with E-state index < -0.39 is 11.9 Å². The van der Waals surface area contributed by atoms with E-state index in [1.54, 1.807) is 0 Å². The molecule has 2 N–H and O–H groups in total. The molecule has 1 amide bonds. The van der Waals surface area contributed by atoms with Crippen molar-refractivity contribution in [3.05, 3.63) is 82.9 Å². The Bertz CT molecular complexity index is 1070. The first-order valence-corrected chi connectivity index (χ1v) is 12.9. The highest BCUT2D eigenvalue weighted by Gasteiger charge is 2.36. The molecule has 2 unspecified atom stereocenters. The quantitative estimate of drug-likeness (QED) is 0.426. The van der Waals surface area contributed by atoms with E-state index in [1.165, 1.54) is 0 Å². The maximum absolute atomic E-state index is 12.8. The van der Waals surface area contributed by atoms with Gasteiger partial charge in [-0.25, -0.2) is 14.4 Å². The van der Waals surface area contributed by atoms with Crippen molar-refractivity contribution in [2.45, 2.75) is 31.4 Å². The number of benzene rings is 2. The number of cyclic esters (lactones) is 1. The maximum Gasteiger partial charge on any atom is 0.410 e. The zero-order valence-corrected chi connectivity index (χ0v) is 21.8. The summed E-state index contributed by atoms with van der Waals surface area (Å²) in [5.41, 5.74) is 2.26. The monoisotopic (exact) mass is 544 g/mol. The largest absolute Gasteiger partial charge is 0.478 e. The Balaban J connectivity index is 0.000000436. The number of carbonyl (C=O) groups excluding carboxylic acids is 1. The lowest BCUT2D eigenvalue weighted by atomic mass is 10.0. The van der Waals surface area contributed by atoms with Crippen molar-refractivity contribution >= 4 is 29.6 Å². The maximum atomic E-state index is 12.8. The zero-order valence-electron chi connectivity index (χ0n) is 21.1. The van der Waals surface area contributed by atoms with Gasteiger partial charge in [-0.15, -0.1) is 0 Å². The van der Waals surface area contributed by atoms with Crippen LogP contribution in [0.2, 0.25) is 5.02 Å². The van der Waals surface area contributed by atoms with E-state index in [1.807, 2.05) is 47.4 Å². The fourth-order valence-electron chi connectivity index (χ4n) is 4.41. The van der Waals surface area contributed by atoms with E-state index in [0.29, 0.717) is 18.7 Å². The van der Waals surface area contributed by atoms with Crippen LogP contribution in [0.1, 0.15) is 30.0 Å². The lowest BCUT2D eigenvalue weighted by Crippen LogP contribution is -2.39. The zero-order chi connectivity index (χ0) is 27.3. The molecule has 0 saturated carbocycles. The molecular formula is C28H33ClN2O7. The Labute approximate surface area is 227 Å². The van der Waals surface area contributed by atoms with Gasteiger partial charge in [0.05, 0.1) is 25.8 Å². The molecule has 9 nitrogen and oxygen atoms in total. The number of amides is 1. The van der Waals surface area contributed by atoms with Crippen LogP contribution in [0.25, 0.3) is 0 Å². The van der Waals surface area contributed by atoms with Crippen molar-refractivity contribution in [1.82, 2.24) is 9.80 Å². The molecule has 204 valence electrons. The predicted molar refractivity (Wildman–Crippen MR) is 142 cm³/mol. The standard InChI is InChI=1S/C24H29ClN2O3.C4H4O4/c25-22-9-5-4-6-19(22)10-11-21-18-27(24(28)30-21)23(20-7-2-1-3-8-20)12-13-26-14-16-29-17-15-26;5-3(6)1-2-4(7)8/h1-9,21,23H,10-18H2;1-2H,(H,5,6)(H,7,8). The molecule has 0 aliphatic carbocycles. The SMILES string of the molecule is O=C(O)C=CC(=O)O.O=C1OC(CCc2ccccc2Cl)CN1C(CCN1CCOCC1)c1ccccc1. The molecule has 2 saturated heterocycles. The normalized spacial score (nSPS) is 18.5. The fraction of sp³-hybridized carbons (Fsp3) is 0.393. The Kier molecular flexibility index (Phi) is 11.6. The van der Waals surface area contributed by atoms with Crippen LogP contribution in [-0.4, -0.2) is 83.5 Å². The van der Waals surface area contributed by atoms with Crippen LogP contribution in [0.5, 0.6) is 0 Å². The van der Waals surface area contributed by atoms with Crippen LogP contribution >= 0.6 is 11.6 Å². The van der Waals surface area contributed by atoms with Crippen LogP contribution in [-0.2, 0) is 25.5 Å². The molecule has 10 heteroatoms. The van der Waals surface area contributed by atoms with Gasteiger partial charge in [-0.1, -0.05) is 60.1 Å². The summed E-state index contributed by atoms with van der Waals surface area (Å²) in [4.78, 5) is 36.2. The minimum atomic E-state index is -1.26. The third-order valence-corrected chi connectivity index (χ3v) is 6.72. The van der Waals surface area contributed by atoms with Gasteiger partial charge >= 0.3 is 18.0 Å². The van der Waals surface area contributed by atoms with Crippen molar-refractivity contribution in [3.63, 3.8) is 0 Å². The molecule has 0 bridgehead atoms. The van der Waals surface area contributed by atoms with Gasteiger partial charge in [0.1, 0.15) is 6.10 Å². The molecule has 4 rings (SSSR count). The number of carboxylic acids is 2. The van der Waals surface area contributed by atoms with Crippen molar-refractivity contribution < 1.29 is 34.1 Å². The minimum absolute atomic E-state index is 0.0202. The van der Waals surface area contributed by atoms with Crippen LogP contribution < -0.4 is 0 Å². The van der Waals surface area contributed by atoms with Gasteiger partial charge in [-0.2, -0.15) is 0 Å². The summed E-state index contributed by atoms with van der Waals surface area (Å²) < 4.78 is 11.2. The topological polar surface area (TPSA) is 117 Å². The van der Waals surface area contributed by atoms with Crippen LogP contribution in [0.15, 0.2) is 66.7 Å². The van der Waals surface area contributed by atoms with E-state index in [2.05, 4.69) is 17.0 Å². The number of rotatable bonds is 10. The van der Waals surface area contributed by atoms with Gasteiger partial charge in [0, 0.05) is 36.8 Å². The Morgan fingerprint density at radius 1 is 1.00 bits per heavy atom. The Morgan fingerprint density at radius 3 is 2.26 bits per heavy atom. The molecule has 2 aromatic rings. The average molecular weight is 545 g/mol. The van der Waals surface area contributed by atoms with Crippen LogP contribution in [0, 0.1) is 0 Å². The van der Waals surface area contributed by atoms with Crippen LogP contribution in [0.3, 0.4) is 0 Å². The molecule has 0 aromatic heterocycles. The van der Waals surface area contributed by atoms with E-state index in [0.717, 1.165) is 68.3 Å². The molecule has 2 atom stereocenters. The summed E-state index contributed by atoms with van der Waals surface area (Å²) in [6.07, 6.45) is 3.26. The summed E-state index contributed by atoms with van der Waals surface area (Å²) in [5, 5.41) is 16.4. The first-order valence-electron chi connectivity index (χ1n) is 12.5. The lowest BCUT2D eigenvalue weighted by molar-refractivity contribution is -0.134. The Hall–Kier alpha value is -3.40. The number of nitrogens with zero attached hydrogens (tertiary/aromatic N) is 2. The van der Waals surface area contributed by atoms with Gasteiger partial charge in [-0.05, 0) is 36.5 Å². The molecule has 2 aliphatic heterocycles. The first kappa shape index (κ1) is 29.2. The third-order valence-electron chi connectivity index (χ3n) is 6.35.